The number of nitrogens with zero attached hydrogens (tertiary/aromatic N) is 2. The van der Waals surface area contributed by atoms with Gasteiger partial charge in [-0.2, -0.15) is 0 Å². The number of hydrogen-bond donors (Lipinski definition) is 0. The highest BCUT2D eigenvalue weighted by Gasteiger charge is 2.20. The molecule has 1 heterocycles. The molecule has 0 aliphatic rings. The van der Waals surface area contributed by atoms with Crippen LogP contribution in [0.4, 0.5) is 5.13 Å². The monoisotopic (exact) mass is 400 g/mol. The maximum Gasteiger partial charge on any atom is 0.229 e. The molecule has 146 valence electrons. The second-order valence-corrected chi connectivity index (χ2v) is 8.07. The van der Waals surface area contributed by atoms with Crippen molar-refractivity contribution in [2.24, 2.45) is 0 Å². The van der Waals surface area contributed by atoms with Crippen LogP contribution >= 0.6 is 11.3 Å². The summed E-state index contributed by atoms with van der Waals surface area (Å²) < 4.78 is 1.13. The van der Waals surface area contributed by atoms with Gasteiger partial charge in [-0.05, 0) is 35.6 Å². The van der Waals surface area contributed by atoms with Gasteiger partial charge in [0, 0.05) is 6.42 Å². The highest BCUT2D eigenvalue weighted by atomic mass is 32.1. The molecule has 4 aromatic rings. The van der Waals surface area contributed by atoms with Gasteiger partial charge in [0.15, 0.2) is 5.13 Å². The molecule has 4 rings (SSSR count). The Morgan fingerprint density at radius 3 is 2.28 bits per heavy atom. The van der Waals surface area contributed by atoms with E-state index in [4.69, 9.17) is 4.98 Å². The minimum absolute atomic E-state index is 0.106. The number of benzene rings is 3. The van der Waals surface area contributed by atoms with Gasteiger partial charge in [0.05, 0.1) is 16.8 Å². The minimum Gasteiger partial charge on any atom is -0.284 e. The predicted molar refractivity (Wildman–Crippen MR) is 121 cm³/mol. The lowest BCUT2D eigenvalue weighted by Crippen LogP contribution is -2.30. The summed E-state index contributed by atoms with van der Waals surface area (Å²) in [7, 11) is 0. The average Bonchev–Trinajstić information content (AvgIpc) is 3.21. The van der Waals surface area contributed by atoms with Crippen LogP contribution in [0.2, 0.25) is 0 Å². The first kappa shape index (κ1) is 19.3. The Balaban J connectivity index is 1.63. The van der Waals surface area contributed by atoms with Gasteiger partial charge >= 0.3 is 0 Å². The summed E-state index contributed by atoms with van der Waals surface area (Å²) in [5, 5.41) is 0.780. The summed E-state index contributed by atoms with van der Waals surface area (Å²) in [6, 6.07) is 26.6. The lowest BCUT2D eigenvalue weighted by Gasteiger charge is -2.20. The highest BCUT2D eigenvalue weighted by Crippen LogP contribution is 2.32. The Hall–Kier alpha value is -2.98. The summed E-state index contributed by atoms with van der Waals surface area (Å²) in [4.78, 5) is 20.0. The van der Waals surface area contributed by atoms with Crippen molar-refractivity contribution in [3.8, 4) is 0 Å². The highest BCUT2D eigenvalue weighted by molar-refractivity contribution is 7.22. The van der Waals surface area contributed by atoms with Crippen molar-refractivity contribution >= 4 is 32.6 Å². The van der Waals surface area contributed by atoms with Gasteiger partial charge in [0.25, 0.3) is 0 Å². The molecule has 0 saturated heterocycles. The Morgan fingerprint density at radius 1 is 0.897 bits per heavy atom. The quantitative estimate of drug-likeness (QED) is 0.380. The second kappa shape index (κ2) is 9.01. The fourth-order valence-electron chi connectivity index (χ4n) is 3.45. The largest absolute Gasteiger partial charge is 0.284 e. The number of hydrogen-bond acceptors (Lipinski definition) is 3. The van der Waals surface area contributed by atoms with Gasteiger partial charge in [0.1, 0.15) is 0 Å². The molecule has 0 bridgehead atoms. The van der Waals surface area contributed by atoms with E-state index in [1.54, 1.807) is 11.3 Å². The molecule has 0 atom stereocenters. The van der Waals surface area contributed by atoms with Crippen LogP contribution in [0.5, 0.6) is 0 Å². The first-order valence-corrected chi connectivity index (χ1v) is 10.8. The van der Waals surface area contributed by atoms with Crippen LogP contribution in [0.1, 0.15) is 30.0 Å². The molecule has 3 aromatic carbocycles. The van der Waals surface area contributed by atoms with Crippen molar-refractivity contribution in [3.05, 3.63) is 95.6 Å². The molecule has 1 amide bonds. The molecule has 4 heteroatoms. The van der Waals surface area contributed by atoms with Crippen LogP contribution in [0.15, 0.2) is 78.9 Å². The molecule has 0 unspecified atom stereocenters. The van der Waals surface area contributed by atoms with Crippen molar-refractivity contribution in [1.82, 2.24) is 4.98 Å². The predicted octanol–water partition coefficient (Wildman–Crippen LogP) is 6.02. The molecule has 3 nitrogen and oxygen atoms in total. The maximum absolute atomic E-state index is 13.2. The minimum atomic E-state index is 0.106. The lowest BCUT2D eigenvalue weighted by atomic mass is 10.1. The molecule has 0 N–H and O–H groups in total. The van der Waals surface area contributed by atoms with E-state index >= 15 is 0 Å². The molecule has 0 aliphatic carbocycles. The first-order chi connectivity index (χ1) is 14.2. The smallest absolute Gasteiger partial charge is 0.229 e. The van der Waals surface area contributed by atoms with E-state index in [0.717, 1.165) is 33.8 Å². The van der Waals surface area contributed by atoms with E-state index < -0.39 is 0 Å². The summed E-state index contributed by atoms with van der Waals surface area (Å²) >= 11 is 1.60. The number of para-hydroxylation sites is 1. The zero-order valence-corrected chi connectivity index (χ0v) is 17.4. The maximum atomic E-state index is 13.2. The number of aryl methyl sites for hydroxylation is 2. The molecule has 29 heavy (non-hydrogen) atoms. The third kappa shape index (κ3) is 4.54. The molecule has 0 saturated carbocycles. The van der Waals surface area contributed by atoms with Crippen LogP contribution in [0.25, 0.3) is 10.2 Å². The SMILES string of the molecule is CCc1cccc2sc(N(Cc3ccccc3)C(=O)CCc3ccccc3)nc12. The fraction of sp³-hybridized carbons (Fsp3) is 0.200. The summed E-state index contributed by atoms with van der Waals surface area (Å²) in [5.74, 6) is 0.106. The van der Waals surface area contributed by atoms with E-state index in [0.29, 0.717) is 13.0 Å². The van der Waals surface area contributed by atoms with Gasteiger partial charge < -0.3 is 0 Å². The van der Waals surface area contributed by atoms with Gasteiger partial charge in [-0.25, -0.2) is 4.98 Å². The Kier molecular flexibility index (Phi) is 6.01. The van der Waals surface area contributed by atoms with Crippen molar-refractivity contribution in [2.45, 2.75) is 32.7 Å². The van der Waals surface area contributed by atoms with E-state index in [1.165, 1.54) is 11.1 Å². The van der Waals surface area contributed by atoms with Gasteiger partial charge in [-0.3, -0.25) is 9.69 Å². The van der Waals surface area contributed by atoms with Crippen molar-refractivity contribution in [1.29, 1.82) is 0 Å². The van der Waals surface area contributed by atoms with Crippen molar-refractivity contribution in [2.75, 3.05) is 4.90 Å². The van der Waals surface area contributed by atoms with Crippen molar-refractivity contribution < 1.29 is 4.79 Å². The van der Waals surface area contributed by atoms with Crippen LogP contribution in [-0.2, 0) is 24.2 Å². The zero-order chi connectivity index (χ0) is 20.1. The summed E-state index contributed by atoms with van der Waals surface area (Å²) in [6.45, 7) is 2.68. The average molecular weight is 401 g/mol. The molecule has 0 fully saturated rings. The lowest BCUT2D eigenvalue weighted by molar-refractivity contribution is -0.118. The standard InChI is InChI=1S/C25H24N2OS/c1-2-21-14-9-15-22-24(21)26-25(29-22)27(18-20-12-7-4-8-13-20)23(28)17-16-19-10-5-3-6-11-19/h3-15H,2,16-18H2,1H3. The number of carbonyl (C=O) groups excluding carboxylic acids is 1. The topological polar surface area (TPSA) is 33.2 Å². The number of amides is 1. The summed E-state index contributed by atoms with van der Waals surface area (Å²) in [5.41, 5.74) is 4.53. The van der Waals surface area contributed by atoms with Gasteiger partial charge in [-0.15, -0.1) is 0 Å². The van der Waals surface area contributed by atoms with Crippen molar-refractivity contribution in [3.63, 3.8) is 0 Å². The third-order valence-electron chi connectivity index (χ3n) is 5.06. The number of aromatic nitrogens is 1. The number of rotatable bonds is 7. The van der Waals surface area contributed by atoms with Crippen LogP contribution < -0.4 is 4.90 Å². The van der Waals surface area contributed by atoms with Gasteiger partial charge in [-0.1, -0.05) is 91.1 Å². The van der Waals surface area contributed by atoms with E-state index in [2.05, 4.69) is 49.4 Å². The Bertz CT molecular complexity index is 1090. The van der Waals surface area contributed by atoms with E-state index in [9.17, 15) is 4.79 Å². The molecular weight excluding hydrogens is 376 g/mol. The van der Waals surface area contributed by atoms with Crippen LogP contribution in [0, 0.1) is 0 Å². The Labute approximate surface area is 175 Å². The van der Waals surface area contributed by atoms with E-state index in [-0.39, 0.29) is 5.91 Å². The zero-order valence-electron chi connectivity index (χ0n) is 16.5. The second-order valence-electron chi connectivity index (χ2n) is 7.06. The van der Waals surface area contributed by atoms with E-state index in [1.807, 2.05) is 41.3 Å². The van der Waals surface area contributed by atoms with Crippen LogP contribution in [-0.4, -0.2) is 10.9 Å². The number of fused-ring (bicyclic) bond motifs is 1. The first-order valence-electron chi connectivity index (χ1n) is 10.0. The fourth-order valence-corrected chi connectivity index (χ4v) is 4.48. The molecular formula is C25H24N2OS. The van der Waals surface area contributed by atoms with Crippen LogP contribution in [0.3, 0.4) is 0 Å². The van der Waals surface area contributed by atoms with Gasteiger partial charge in [0.2, 0.25) is 5.91 Å². The molecule has 0 spiro atoms. The number of carbonyl (C=O) groups is 1. The normalized spacial score (nSPS) is 10.9. The molecule has 0 aliphatic heterocycles. The third-order valence-corrected chi connectivity index (χ3v) is 6.10. The number of anilines is 1. The molecule has 0 radical (unpaired) electrons. The molecule has 1 aromatic heterocycles. The summed E-state index contributed by atoms with van der Waals surface area (Å²) in [6.07, 6.45) is 2.13. The Morgan fingerprint density at radius 2 is 1.59 bits per heavy atom. The number of thiazole rings is 1.